The van der Waals surface area contributed by atoms with Gasteiger partial charge in [0.15, 0.2) is 0 Å². The fourth-order valence-corrected chi connectivity index (χ4v) is 2.37. The second-order valence-corrected chi connectivity index (χ2v) is 5.42. The highest BCUT2D eigenvalue weighted by molar-refractivity contribution is 6.01. The molecule has 0 bridgehead atoms. The zero-order chi connectivity index (χ0) is 16.5. The Morgan fingerprint density at radius 2 is 2.09 bits per heavy atom. The second-order valence-electron chi connectivity index (χ2n) is 5.42. The van der Waals surface area contributed by atoms with Gasteiger partial charge in [0.2, 0.25) is 0 Å². The van der Waals surface area contributed by atoms with Crippen molar-refractivity contribution in [3.63, 3.8) is 0 Å². The lowest BCUT2D eigenvalue weighted by Gasteiger charge is -2.11. The summed E-state index contributed by atoms with van der Waals surface area (Å²) in [5.41, 5.74) is 6.90. The monoisotopic (exact) mass is 291 g/mol. The van der Waals surface area contributed by atoms with Crippen LogP contribution in [0.1, 0.15) is 43.4 Å². The topological polar surface area (TPSA) is 12.4 Å². The summed E-state index contributed by atoms with van der Waals surface area (Å²) < 4.78 is 0. The number of benzene rings is 1. The third-order valence-corrected chi connectivity index (χ3v) is 3.51. The van der Waals surface area contributed by atoms with Crippen LogP contribution in [0.2, 0.25) is 0 Å². The molecule has 0 aliphatic carbocycles. The predicted octanol–water partition coefficient (Wildman–Crippen LogP) is 5.36. The van der Waals surface area contributed by atoms with Crippen LogP contribution in [0, 0.1) is 19.3 Å². The third kappa shape index (κ3) is 4.90. The van der Waals surface area contributed by atoms with Crippen LogP contribution in [-0.4, -0.2) is 12.8 Å². The molecule has 0 atom stereocenters. The van der Waals surface area contributed by atoms with E-state index in [1.165, 1.54) is 16.7 Å². The van der Waals surface area contributed by atoms with Crippen LogP contribution in [0.3, 0.4) is 0 Å². The van der Waals surface area contributed by atoms with Crippen LogP contribution in [-0.2, 0) is 0 Å². The number of hydrogen-bond acceptors (Lipinski definition) is 1. The van der Waals surface area contributed by atoms with E-state index < -0.39 is 0 Å². The van der Waals surface area contributed by atoms with Crippen LogP contribution in [0.5, 0.6) is 0 Å². The molecule has 0 aliphatic rings. The number of aryl methyl sites for hydroxylation is 1. The van der Waals surface area contributed by atoms with Crippen molar-refractivity contribution in [2.75, 3.05) is 7.05 Å². The molecular formula is C21H25N. The molecule has 1 nitrogen and oxygen atoms in total. The minimum atomic E-state index is 0.923. The van der Waals surface area contributed by atoms with Gasteiger partial charge < -0.3 is 0 Å². The van der Waals surface area contributed by atoms with E-state index in [1.54, 1.807) is 6.08 Å². The lowest BCUT2D eigenvalue weighted by molar-refractivity contribution is 1.01. The predicted molar refractivity (Wildman–Crippen MR) is 99.3 cm³/mol. The molecule has 0 radical (unpaired) electrons. The van der Waals surface area contributed by atoms with Crippen molar-refractivity contribution in [2.45, 2.75) is 33.6 Å². The molecule has 1 aromatic rings. The van der Waals surface area contributed by atoms with Crippen molar-refractivity contribution >= 4 is 11.3 Å². The Labute approximate surface area is 135 Å². The van der Waals surface area contributed by atoms with Gasteiger partial charge in [0.25, 0.3) is 0 Å². The Morgan fingerprint density at radius 3 is 2.59 bits per heavy atom. The van der Waals surface area contributed by atoms with Crippen molar-refractivity contribution in [1.29, 1.82) is 0 Å². The Hall–Kier alpha value is -2.33. The molecule has 0 saturated heterocycles. The molecule has 22 heavy (non-hydrogen) atoms. The van der Waals surface area contributed by atoms with Gasteiger partial charge in [0.1, 0.15) is 0 Å². The summed E-state index contributed by atoms with van der Waals surface area (Å²) in [6, 6.07) is 6.43. The van der Waals surface area contributed by atoms with E-state index in [9.17, 15) is 0 Å². The van der Waals surface area contributed by atoms with Gasteiger partial charge in [-0.3, -0.25) is 4.99 Å². The minimum Gasteiger partial charge on any atom is -0.292 e. The SMILES string of the molecule is C#C/C=C(\C=C/C)c1ccc(/C(CCC(=C)C)=N/C)cc1C. The minimum absolute atomic E-state index is 0.923. The molecule has 0 amide bonds. The molecule has 1 aromatic carbocycles. The smallest absolute Gasteiger partial charge is 0.0420 e. The van der Waals surface area contributed by atoms with Crippen molar-refractivity contribution in [3.8, 4) is 12.3 Å². The van der Waals surface area contributed by atoms with Gasteiger partial charge in [-0.2, -0.15) is 0 Å². The van der Waals surface area contributed by atoms with Crippen LogP contribution < -0.4 is 0 Å². The molecular weight excluding hydrogens is 266 g/mol. The molecule has 0 heterocycles. The average molecular weight is 291 g/mol. The first-order valence-corrected chi connectivity index (χ1v) is 7.53. The first-order chi connectivity index (χ1) is 10.5. The van der Waals surface area contributed by atoms with E-state index in [4.69, 9.17) is 6.42 Å². The maximum absolute atomic E-state index is 5.43. The highest BCUT2D eigenvalue weighted by atomic mass is 14.7. The lowest BCUT2D eigenvalue weighted by atomic mass is 9.94. The van der Waals surface area contributed by atoms with Crippen LogP contribution in [0.15, 0.2) is 53.6 Å². The van der Waals surface area contributed by atoms with Gasteiger partial charge in [-0.05, 0) is 68.0 Å². The van der Waals surface area contributed by atoms with E-state index in [0.29, 0.717) is 0 Å². The molecule has 0 spiro atoms. The summed E-state index contributed by atoms with van der Waals surface area (Å²) >= 11 is 0. The maximum atomic E-state index is 5.43. The number of aliphatic imine (C=N–C) groups is 1. The summed E-state index contributed by atoms with van der Waals surface area (Å²) in [5.74, 6) is 2.61. The van der Waals surface area contributed by atoms with Gasteiger partial charge in [-0.1, -0.05) is 35.8 Å². The molecule has 1 heteroatoms. The fraction of sp³-hybridized carbons (Fsp3) is 0.286. The molecule has 114 valence electrons. The van der Waals surface area contributed by atoms with Crippen molar-refractivity contribution in [1.82, 2.24) is 0 Å². The zero-order valence-electron chi connectivity index (χ0n) is 14.1. The Kier molecular flexibility index (Phi) is 7.13. The standard InChI is InChI=1S/C21H25N/c1-7-9-18(10-8-2)20-13-12-19(15-17(20)5)21(22-6)14-11-16(3)4/h1,8-10,12-13,15H,3,11,14H2,2,4-6H3/b10-8-,18-9+,22-21+. The maximum Gasteiger partial charge on any atom is 0.0420 e. The van der Waals surface area contributed by atoms with Crippen LogP contribution in [0.4, 0.5) is 0 Å². The Balaban J connectivity index is 3.15. The van der Waals surface area contributed by atoms with Crippen molar-refractivity contribution in [3.05, 3.63) is 65.3 Å². The molecule has 0 saturated carbocycles. The number of rotatable bonds is 6. The number of nitrogens with zero attached hydrogens (tertiary/aromatic N) is 1. The fourth-order valence-electron chi connectivity index (χ4n) is 2.37. The van der Waals surface area contributed by atoms with Crippen LogP contribution in [0.25, 0.3) is 5.57 Å². The summed E-state index contributed by atoms with van der Waals surface area (Å²) in [6.45, 7) is 10.1. The molecule has 0 aromatic heterocycles. The van der Waals surface area contributed by atoms with Gasteiger partial charge >= 0.3 is 0 Å². The highest BCUT2D eigenvalue weighted by Crippen LogP contribution is 2.22. The van der Waals surface area contributed by atoms with Gasteiger partial charge in [0, 0.05) is 12.8 Å². The Morgan fingerprint density at radius 1 is 1.36 bits per heavy atom. The highest BCUT2D eigenvalue weighted by Gasteiger charge is 2.07. The quantitative estimate of drug-likeness (QED) is 0.289. The third-order valence-electron chi connectivity index (χ3n) is 3.51. The second kappa shape index (κ2) is 8.85. The molecule has 0 N–H and O–H groups in total. The first kappa shape index (κ1) is 17.7. The molecule has 0 fully saturated rings. The summed E-state index contributed by atoms with van der Waals surface area (Å²) in [5, 5.41) is 0. The zero-order valence-corrected chi connectivity index (χ0v) is 14.1. The van der Waals surface area contributed by atoms with E-state index in [1.807, 2.05) is 26.1 Å². The number of allylic oxidation sites excluding steroid dienone is 5. The summed E-state index contributed by atoms with van der Waals surface area (Å²) in [4.78, 5) is 4.43. The normalized spacial score (nSPS) is 12.5. The summed E-state index contributed by atoms with van der Waals surface area (Å²) in [6.07, 6.45) is 13.2. The largest absolute Gasteiger partial charge is 0.292 e. The molecule has 1 rings (SSSR count). The molecule has 0 aliphatic heterocycles. The van der Waals surface area contributed by atoms with Crippen molar-refractivity contribution < 1.29 is 0 Å². The van der Waals surface area contributed by atoms with Gasteiger partial charge in [0.05, 0.1) is 0 Å². The van der Waals surface area contributed by atoms with Crippen LogP contribution >= 0.6 is 0 Å². The summed E-state index contributed by atoms with van der Waals surface area (Å²) in [7, 11) is 1.85. The van der Waals surface area contributed by atoms with Crippen molar-refractivity contribution in [2.24, 2.45) is 4.99 Å². The molecule has 0 unspecified atom stereocenters. The van der Waals surface area contributed by atoms with Gasteiger partial charge in [-0.15, -0.1) is 13.0 Å². The lowest BCUT2D eigenvalue weighted by Crippen LogP contribution is -2.02. The first-order valence-electron chi connectivity index (χ1n) is 7.53. The number of hydrogen-bond donors (Lipinski definition) is 0. The van der Waals surface area contributed by atoms with E-state index in [0.717, 1.165) is 29.7 Å². The van der Waals surface area contributed by atoms with E-state index >= 15 is 0 Å². The van der Waals surface area contributed by atoms with E-state index in [2.05, 4.69) is 49.5 Å². The number of terminal acetylenes is 1. The van der Waals surface area contributed by atoms with Gasteiger partial charge in [-0.25, -0.2) is 0 Å². The van der Waals surface area contributed by atoms with E-state index in [-0.39, 0.29) is 0 Å². The average Bonchev–Trinajstić information content (AvgIpc) is 2.47. The Bertz CT molecular complexity index is 664.